The van der Waals surface area contributed by atoms with Gasteiger partial charge in [-0.1, -0.05) is 34.1 Å². The Morgan fingerprint density at radius 1 is 0.719 bits per heavy atom. The first-order valence-corrected chi connectivity index (χ1v) is 10.1. The molecule has 3 atom stereocenters. The lowest BCUT2D eigenvalue weighted by molar-refractivity contribution is -0.140. The van der Waals surface area contributed by atoms with Gasteiger partial charge in [-0.05, 0) is 37.6 Å². The molecule has 0 aliphatic carbocycles. The lowest BCUT2D eigenvalue weighted by atomic mass is 10.1. The first-order chi connectivity index (χ1) is 14.5. The van der Waals surface area contributed by atoms with E-state index in [2.05, 4.69) is 5.73 Å². The maximum Gasteiger partial charge on any atom is 0.320 e. The van der Waals surface area contributed by atoms with Gasteiger partial charge in [0.2, 0.25) is 0 Å². The summed E-state index contributed by atoms with van der Waals surface area (Å²) < 4.78 is 0. The molecule has 0 aliphatic heterocycles. The van der Waals surface area contributed by atoms with Crippen molar-refractivity contribution in [2.75, 3.05) is 13.1 Å². The molecule has 0 spiro atoms. The van der Waals surface area contributed by atoms with Gasteiger partial charge in [-0.2, -0.15) is 0 Å². The minimum atomic E-state index is -0.968. The zero-order valence-corrected chi connectivity index (χ0v) is 19.4. The number of carboxylic acid groups (broad SMARTS) is 4. The number of hydrogen-bond donors (Lipinski definition) is 9. The van der Waals surface area contributed by atoms with Crippen molar-refractivity contribution in [3.63, 3.8) is 0 Å². The summed E-state index contributed by atoms with van der Waals surface area (Å²) in [6, 6.07) is -2.12. The molecular weight excluding hydrogens is 426 g/mol. The molecule has 0 aliphatic rings. The van der Waals surface area contributed by atoms with E-state index in [0.717, 1.165) is 12.8 Å². The van der Waals surface area contributed by atoms with Gasteiger partial charge < -0.3 is 49.1 Å². The molecule has 0 aromatic carbocycles. The van der Waals surface area contributed by atoms with E-state index in [-0.39, 0.29) is 12.5 Å². The average Bonchev–Trinajstić information content (AvgIpc) is 2.67. The van der Waals surface area contributed by atoms with Crippen LogP contribution in [0.25, 0.3) is 0 Å². The number of nitrogens with two attached hydrogens (primary N) is 5. The largest absolute Gasteiger partial charge is 0.480 e. The van der Waals surface area contributed by atoms with E-state index in [9.17, 15) is 19.2 Å². The smallest absolute Gasteiger partial charge is 0.320 e. The van der Waals surface area contributed by atoms with E-state index in [0.29, 0.717) is 25.3 Å². The molecule has 0 saturated carbocycles. The molecule has 0 aromatic heterocycles. The summed E-state index contributed by atoms with van der Waals surface area (Å²) in [5, 5.41) is 32.5. The van der Waals surface area contributed by atoms with Gasteiger partial charge in [0, 0.05) is 0 Å². The molecule has 0 radical (unpaired) electrons. The van der Waals surface area contributed by atoms with Crippen LogP contribution in [0.15, 0.2) is 0 Å². The Balaban J connectivity index is -0.000000168. The van der Waals surface area contributed by atoms with Crippen LogP contribution in [0.1, 0.15) is 53.4 Å². The average molecular weight is 470 g/mol. The van der Waals surface area contributed by atoms with Crippen molar-refractivity contribution in [1.29, 1.82) is 0 Å². The first-order valence-electron chi connectivity index (χ1n) is 10.1. The van der Waals surface area contributed by atoms with E-state index < -0.39 is 42.0 Å². The minimum Gasteiger partial charge on any atom is -0.480 e. The van der Waals surface area contributed by atoms with Crippen LogP contribution < -0.4 is 28.7 Å². The molecule has 0 bridgehead atoms. The molecule has 0 rings (SSSR count). The summed E-state index contributed by atoms with van der Waals surface area (Å²) in [7, 11) is 0. The van der Waals surface area contributed by atoms with E-state index >= 15 is 0 Å². The fourth-order valence-corrected chi connectivity index (χ4v) is 1.53. The summed E-state index contributed by atoms with van der Waals surface area (Å²) in [5.74, 6) is -3.37. The van der Waals surface area contributed by atoms with Gasteiger partial charge >= 0.3 is 23.9 Å². The van der Waals surface area contributed by atoms with E-state index in [1.807, 2.05) is 13.8 Å². The molecule has 0 amide bonds. The molecule has 0 unspecified atom stereocenters. The highest BCUT2D eigenvalue weighted by atomic mass is 16.4. The molecule has 0 saturated heterocycles. The lowest BCUT2D eigenvalue weighted by Crippen LogP contribution is -2.34. The van der Waals surface area contributed by atoms with Gasteiger partial charge in [0.25, 0.3) is 0 Å². The highest BCUT2D eigenvalue weighted by Gasteiger charge is 2.14. The van der Waals surface area contributed by atoms with Gasteiger partial charge in [0.15, 0.2) is 0 Å². The highest BCUT2D eigenvalue weighted by molar-refractivity contribution is 5.73. The summed E-state index contributed by atoms with van der Waals surface area (Å²) in [4.78, 5) is 39.5. The minimum absolute atomic E-state index is 0.0208. The van der Waals surface area contributed by atoms with Gasteiger partial charge in [0.1, 0.15) is 18.1 Å². The second-order valence-corrected chi connectivity index (χ2v) is 7.51. The van der Waals surface area contributed by atoms with Gasteiger partial charge in [-0.3, -0.25) is 19.2 Å². The van der Waals surface area contributed by atoms with E-state index in [4.69, 9.17) is 43.4 Å². The molecule has 0 heterocycles. The van der Waals surface area contributed by atoms with Crippen molar-refractivity contribution in [2.24, 2.45) is 40.5 Å². The first kappa shape index (κ1) is 37.0. The molecule has 14 N–H and O–H groups in total. The fraction of sp³-hybridized carbons (Fsp3) is 0.789. The van der Waals surface area contributed by atoms with Gasteiger partial charge in [-0.15, -0.1) is 0 Å². The van der Waals surface area contributed by atoms with Crippen LogP contribution in [-0.4, -0.2) is 75.5 Å². The third-order valence-corrected chi connectivity index (χ3v) is 3.51. The Kier molecular flexibility index (Phi) is 27.0. The topological polar surface area (TPSA) is 279 Å². The van der Waals surface area contributed by atoms with Crippen LogP contribution in [0.2, 0.25) is 0 Å². The normalized spacial score (nSPS) is 12.6. The second-order valence-electron chi connectivity index (χ2n) is 7.51. The fourth-order valence-electron chi connectivity index (χ4n) is 1.53. The predicted molar refractivity (Wildman–Crippen MR) is 121 cm³/mol. The Morgan fingerprint density at radius 2 is 1.12 bits per heavy atom. The number of aliphatic carboxylic acids is 4. The highest BCUT2D eigenvalue weighted by Crippen LogP contribution is 2.01. The molecular formula is C19H43N5O8. The van der Waals surface area contributed by atoms with Crippen molar-refractivity contribution >= 4 is 23.9 Å². The monoisotopic (exact) mass is 469 g/mol. The maximum absolute atomic E-state index is 10.1. The maximum atomic E-state index is 10.1. The van der Waals surface area contributed by atoms with Crippen molar-refractivity contribution < 1.29 is 39.6 Å². The van der Waals surface area contributed by atoms with Crippen LogP contribution in [0.4, 0.5) is 0 Å². The Bertz CT molecular complexity index is 518. The standard InChI is InChI=1S/C6H14N2O2.C6H13NO2.C5H11NO2.C2H5NO2/c7-4-2-1-3-5(8)6(9)10;1-4(2)3-5(7)6(8)9;1-3(2)4(6)5(7)8;3-1-2(4)5/h5H,1-4,7-8H2,(H,9,10);4-5H,3,7H2,1-2H3,(H,8,9);3-4H,6H2,1-2H3,(H,7,8);1,3H2,(H,4,5)/t2*5-;4-;/m000./s1. The predicted octanol–water partition coefficient (Wildman–Crippen LogP) is -0.944. The molecule has 0 aromatic rings. The Morgan fingerprint density at radius 3 is 1.28 bits per heavy atom. The molecule has 13 heteroatoms. The zero-order valence-electron chi connectivity index (χ0n) is 19.4. The quantitative estimate of drug-likeness (QED) is 0.165. The van der Waals surface area contributed by atoms with E-state index in [1.165, 1.54) is 0 Å². The summed E-state index contributed by atoms with van der Waals surface area (Å²) in [5.41, 5.74) is 25.4. The third kappa shape index (κ3) is 32.3. The van der Waals surface area contributed by atoms with E-state index in [1.54, 1.807) is 13.8 Å². The van der Waals surface area contributed by atoms with Crippen LogP contribution in [0, 0.1) is 11.8 Å². The lowest BCUT2D eigenvalue weighted by Gasteiger charge is -2.07. The Hall–Kier alpha value is -2.32. The van der Waals surface area contributed by atoms with Crippen molar-refractivity contribution in [3.8, 4) is 0 Å². The number of hydrogen-bond acceptors (Lipinski definition) is 9. The molecule has 13 nitrogen and oxygen atoms in total. The molecule has 192 valence electrons. The molecule has 32 heavy (non-hydrogen) atoms. The third-order valence-electron chi connectivity index (χ3n) is 3.51. The van der Waals surface area contributed by atoms with Crippen molar-refractivity contribution in [2.45, 2.75) is 71.5 Å². The second kappa shape index (κ2) is 23.3. The zero-order chi connectivity index (χ0) is 26.4. The summed E-state index contributed by atoms with van der Waals surface area (Å²) in [6.07, 6.45) is 2.72. The van der Waals surface area contributed by atoms with Gasteiger partial charge in [0.05, 0.1) is 6.54 Å². The van der Waals surface area contributed by atoms with Crippen LogP contribution in [0.3, 0.4) is 0 Å². The van der Waals surface area contributed by atoms with Crippen LogP contribution >= 0.6 is 0 Å². The number of carbonyl (C=O) groups is 4. The summed E-state index contributed by atoms with van der Waals surface area (Å²) in [6.45, 7) is 7.77. The number of rotatable bonds is 11. The van der Waals surface area contributed by atoms with Crippen molar-refractivity contribution in [1.82, 2.24) is 0 Å². The van der Waals surface area contributed by atoms with Gasteiger partial charge in [-0.25, -0.2) is 0 Å². The molecule has 0 fully saturated rings. The Labute approximate surface area is 189 Å². The van der Waals surface area contributed by atoms with Crippen LogP contribution in [0.5, 0.6) is 0 Å². The SMILES string of the molecule is CC(C)C[C@H](N)C(=O)O.CC(C)[C@H](N)C(=O)O.NCC(=O)O.NCCCC[C@H](N)C(=O)O. The number of carboxylic acids is 4. The van der Waals surface area contributed by atoms with Crippen molar-refractivity contribution in [3.05, 3.63) is 0 Å². The summed E-state index contributed by atoms with van der Waals surface area (Å²) >= 11 is 0. The van der Waals surface area contributed by atoms with Crippen LogP contribution in [-0.2, 0) is 19.2 Å². The number of unbranched alkanes of at least 4 members (excludes halogenated alkanes) is 1.